The molecule has 0 saturated carbocycles. The van der Waals surface area contributed by atoms with Gasteiger partial charge in [0, 0.05) is 18.2 Å². The predicted molar refractivity (Wildman–Crippen MR) is 83.4 cm³/mol. The molecule has 2 rings (SSSR count). The van der Waals surface area contributed by atoms with Crippen LogP contribution in [0.25, 0.3) is 0 Å². The molecule has 4 N–H and O–H groups in total. The van der Waals surface area contributed by atoms with Gasteiger partial charge in [-0.15, -0.1) is 0 Å². The van der Waals surface area contributed by atoms with Gasteiger partial charge < -0.3 is 21.1 Å². The van der Waals surface area contributed by atoms with Crippen LogP contribution in [0.1, 0.15) is 30.1 Å². The van der Waals surface area contributed by atoms with Gasteiger partial charge in [0.2, 0.25) is 11.8 Å². The second kappa shape index (κ2) is 7.26. The lowest BCUT2D eigenvalue weighted by Crippen LogP contribution is -2.35. The fourth-order valence-corrected chi connectivity index (χ4v) is 2.80. The van der Waals surface area contributed by atoms with Crippen LogP contribution in [0.3, 0.4) is 0 Å². The molecule has 1 saturated heterocycles. The Balaban J connectivity index is 1.82. The van der Waals surface area contributed by atoms with Crippen molar-refractivity contribution in [2.75, 3.05) is 19.7 Å². The fourth-order valence-electron chi connectivity index (χ4n) is 2.80. The van der Waals surface area contributed by atoms with Gasteiger partial charge in [0.15, 0.2) is 0 Å². The minimum Gasteiger partial charge on any atom is -0.493 e. The molecule has 0 aromatic heterocycles. The van der Waals surface area contributed by atoms with E-state index in [0.29, 0.717) is 30.2 Å². The number of primary amides is 1. The molecule has 2 atom stereocenters. The van der Waals surface area contributed by atoms with Crippen molar-refractivity contribution in [1.82, 2.24) is 4.90 Å². The standard InChI is InChI=1S/C16H23N3O3/c1-11-7-12(9-17)10-19(11)15(20)5-6-22-14-4-2-3-13(8-14)16(18)21/h2-4,8,11-12H,5-7,9-10,17H2,1H3,(H2,18,21). The van der Waals surface area contributed by atoms with Crippen LogP contribution in [-0.2, 0) is 4.79 Å². The Labute approximate surface area is 130 Å². The monoisotopic (exact) mass is 305 g/mol. The molecule has 0 bridgehead atoms. The molecule has 0 aliphatic carbocycles. The first-order valence-corrected chi connectivity index (χ1v) is 7.53. The zero-order valence-corrected chi connectivity index (χ0v) is 12.8. The minimum atomic E-state index is -0.500. The minimum absolute atomic E-state index is 0.0782. The third-order valence-corrected chi connectivity index (χ3v) is 4.02. The highest BCUT2D eigenvalue weighted by molar-refractivity contribution is 5.93. The first-order valence-electron chi connectivity index (χ1n) is 7.53. The number of hydrogen-bond acceptors (Lipinski definition) is 4. The molecule has 1 fully saturated rings. The van der Waals surface area contributed by atoms with E-state index in [4.69, 9.17) is 16.2 Å². The number of nitrogens with zero attached hydrogens (tertiary/aromatic N) is 1. The quantitative estimate of drug-likeness (QED) is 0.810. The summed E-state index contributed by atoms with van der Waals surface area (Å²) in [6.07, 6.45) is 1.27. The summed E-state index contributed by atoms with van der Waals surface area (Å²) in [5.41, 5.74) is 11.3. The van der Waals surface area contributed by atoms with Crippen LogP contribution in [0.4, 0.5) is 0 Å². The summed E-state index contributed by atoms with van der Waals surface area (Å²) >= 11 is 0. The van der Waals surface area contributed by atoms with Crippen molar-refractivity contribution in [3.63, 3.8) is 0 Å². The van der Waals surface area contributed by atoms with Gasteiger partial charge in [-0.3, -0.25) is 9.59 Å². The van der Waals surface area contributed by atoms with Gasteiger partial charge in [-0.25, -0.2) is 0 Å². The first kappa shape index (κ1) is 16.3. The second-order valence-electron chi connectivity index (χ2n) is 5.72. The van der Waals surface area contributed by atoms with Gasteiger partial charge >= 0.3 is 0 Å². The molecule has 2 unspecified atom stereocenters. The van der Waals surface area contributed by atoms with Crippen LogP contribution in [0.2, 0.25) is 0 Å². The van der Waals surface area contributed by atoms with Gasteiger partial charge in [-0.05, 0) is 44.0 Å². The zero-order chi connectivity index (χ0) is 16.1. The SMILES string of the molecule is CC1CC(CN)CN1C(=O)CCOc1cccc(C(N)=O)c1. The van der Waals surface area contributed by atoms with E-state index >= 15 is 0 Å². The summed E-state index contributed by atoms with van der Waals surface area (Å²) in [4.78, 5) is 25.2. The Hall–Kier alpha value is -2.08. The van der Waals surface area contributed by atoms with Crippen molar-refractivity contribution in [3.8, 4) is 5.75 Å². The van der Waals surface area contributed by atoms with Crippen molar-refractivity contribution >= 4 is 11.8 Å². The van der Waals surface area contributed by atoms with Gasteiger partial charge in [0.25, 0.3) is 0 Å². The van der Waals surface area contributed by atoms with E-state index < -0.39 is 5.91 Å². The third kappa shape index (κ3) is 3.98. The molecule has 1 aromatic carbocycles. The smallest absolute Gasteiger partial charge is 0.248 e. The van der Waals surface area contributed by atoms with E-state index in [1.165, 1.54) is 0 Å². The molecule has 22 heavy (non-hydrogen) atoms. The molecule has 2 amide bonds. The number of amides is 2. The first-order chi connectivity index (χ1) is 10.5. The lowest BCUT2D eigenvalue weighted by molar-refractivity contribution is -0.132. The summed E-state index contributed by atoms with van der Waals surface area (Å²) in [6.45, 7) is 3.67. The number of benzene rings is 1. The van der Waals surface area contributed by atoms with E-state index in [1.807, 2.05) is 11.8 Å². The summed E-state index contributed by atoms with van der Waals surface area (Å²) < 4.78 is 5.54. The Morgan fingerprint density at radius 3 is 2.82 bits per heavy atom. The number of carbonyl (C=O) groups is 2. The third-order valence-electron chi connectivity index (χ3n) is 4.02. The normalized spacial score (nSPS) is 20.9. The number of rotatable bonds is 6. The average Bonchev–Trinajstić information content (AvgIpc) is 2.88. The van der Waals surface area contributed by atoms with Crippen LogP contribution in [0, 0.1) is 5.92 Å². The topological polar surface area (TPSA) is 98.7 Å². The maximum atomic E-state index is 12.2. The molecule has 0 spiro atoms. The highest BCUT2D eigenvalue weighted by Gasteiger charge is 2.31. The molecular formula is C16H23N3O3. The molecule has 1 aliphatic heterocycles. The van der Waals surface area contributed by atoms with Crippen molar-refractivity contribution in [2.45, 2.75) is 25.8 Å². The lowest BCUT2D eigenvalue weighted by atomic mass is 10.1. The molecule has 1 aromatic rings. The Bertz CT molecular complexity index is 547. The van der Waals surface area contributed by atoms with Crippen LogP contribution in [-0.4, -0.2) is 42.5 Å². The van der Waals surface area contributed by atoms with Crippen LogP contribution in [0.5, 0.6) is 5.75 Å². The second-order valence-corrected chi connectivity index (χ2v) is 5.72. The predicted octanol–water partition coefficient (Wildman–Crippen LogP) is 0.750. The van der Waals surface area contributed by atoms with Gasteiger partial charge in [-0.1, -0.05) is 6.07 Å². The number of carbonyl (C=O) groups excluding carboxylic acids is 2. The zero-order valence-electron chi connectivity index (χ0n) is 12.8. The Kier molecular flexibility index (Phi) is 5.38. The molecular weight excluding hydrogens is 282 g/mol. The summed E-state index contributed by atoms with van der Waals surface area (Å²) in [7, 11) is 0. The highest BCUT2D eigenvalue weighted by atomic mass is 16.5. The number of nitrogens with two attached hydrogens (primary N) is 2. The van der Waals surface area contributed by atoms with E-state index in [-0.39, 0.29) is 18.6 Å². The van der Waals surface area contributed by atoms with E-state index in [9.17, 15) is 9.59 Å². The molecule has 1 heterocycles. The Morgan fingerprint density at radius 1 is 1.41 bits per heavy atom. The largest absolute Gasteiger partial charge is 0.493 e. The van der Waals surface area contributed by atoms with Gasteiger partial charge in [0.05, 0.1) is 13.0 Å². The maximum absolute atomic E-state index is 12.2. The fraction of sp³-hybridized carbons (Fsp3) is 0.500. The van der Waals surface area contributed by atoms with Gasteiger partial charge in [0.1, 0.15) is 5.75 Å². The average molecular weight is 305 g/mol. The molecule has 120 valence electrons. The van der Waals surface area contributed by atoms with Crippen molar-refractivity contribution in [3.05, 3.63) is 29.8 Å². The number of ether oxygens (including phenoxy) is 1. The van der Waals surface area contributed by atoms with Gasteiger partial charge in [-0.2, -0.15) is 0 Å². The van der Waals surface area contributed by atoms with E-state index in [2.05, 4.69) is 0 Å². The van der Waals surface area contributed by atoms with Crippen molar-refractivity contribution in [2.24, 2.45) is 17.4 Å². The van der Waals surface area contributed by atoms with Crippen molar-refractivity contribution in [1.29, 1.82) is 0 Å². The molecule has 0 radical (unpaired) electrons. The molecule has 6 heteroatoms. The summed E-state index contributed by atoms with van der Waals surface area (Å²) in [6, 6.07) is 6.87. The van der Waals surface area contributed by atoms with Crippen LogP contribution >= 0.6 is 0 Å². The maximum Gasteiger partial charge on any atom is 0.248 e. The summed E-state index contributed by atoms with van der Waals surface area (Å²) in [5.74, 6) is 0.514. The summed E-state index contributed by atoms with van der Waals surface area (Å²) in [5, 5.41) is 0. The highest BCUT2D eigenvalue weighted by Crippen LogP contribution is 2.23. The van der Waals surface area contributed by atoms with E-state index in [0.717, 1.165) is 13.0 Å². The van der Waals surface area contributed by atoms with Crippen LogP contribution in [0.15, 0.2) is 24.3 Å². The lowest BCUT2D eigenvalue weighted by Gasteiger charge is -2.21. The molecule has 6 nitrogen and oxygen atoms in total. The number of hydrogen-bond donors (Lipinski definition) is 2. The molecule has 1 aliphatic rings. The Morgan fingerprint density at radius 2 is 2.18 bits per heavy atom. The van der Waals surface area contributed by atoms with E-state index in [1.54, 1.807) is 24.3 Å². The number of likely N-dealkylation sites (tertiary alicyclic amines) is 1. The van der Waals surface area contributed by atoms with Crippen molar-refractivity contribution < 1.29 is 14.3 Å². The van der Waals surface area contributed by atoms with Crippen LogP contribution < -0.4 is 16.2 Å².